The average Bonchev–Trinajstić information content (AvgIpc) is 2.71. The van der Waals surface area contributed by atoms with Crippen molar-refractivity contribution in [1.82, 2.24) is 10.2 Å². The van der Waals surface area contributed by atoms with Gasteiger partial charge in [0.2, 0.25) is 11.8 Å². The van der Waals surface area contributed by atoms with Crippen molar-refractivity contribution in [1.29, 1.82) is 0 Å². The third-order valence-corrected chi connectivity index (χ3v) is 5.13. The first-order valence-electron chi connectivity index (χ1n) is 10.1. The molecule has 30 heavy (non-hydrogen) atoms. The van der Waals surface area contributed by atoms with Crippen LogP contribution in [0.2, 0.25) is 0 Å². The Bertz CT molecular complexity index is 913. The van der Waals surface area contributed by atoms with Gasteiger partial charge in [-0.15, -0.1) is 0 Å². The van der Waals surface area contributed by atoms with Crippen LogP contribution in [0.25, 0.3) is 0 Å². The summed E-state index contributed by atoms with van der Waals surface area (Å²) in [5.74, 6) is -0.578. The number of nitro benzene ring substituents is 1. The number of nitrogens with one attached hydrogen (secondary N) is 1. The first-order valence-corrected chi connectivity index (χ1v) is 10.1. The molecular formula is C23H29N3O4. The number of benzene rings is 2. The molecule has 0 aliphatic carbocycles. The van der Waals surface area contributed by atoms with Gasteiger partial charge in [-0.3, -0.25) is 19.7 Å². The quantitative estimate of drug-likeness (QED) is 0.502. The molecule has 0 aliphatic heterocycles. The van der Waals surface area contributed by atoms with Crippen LogP contribution in [0.3, 0.4) is 0 Å². The lowest BCUT2D eigenvalue weighted by Crippen LogP contribution is -2.49. The Morgan fingerprint density at radius 1 is 1.13 bits per heavy atom. The molecule has 2 atom stereocenters. The molecule has 0 aromatic heterocycles. The maximum absolute atomic E-state index is 13.2. The van der Waals surface area contributed by atoms with Gasteiger partial charge in [0.05, 0.1) is 11.3 Å². The Morgan fingerprint density at radius 3 is 2.47 bits per heavy atom. The average molecular weight is 412 g/mol. The van der Waals surface area contributed by atoms with Crippen molar-refractivity contribution in [2.24, 2.45) is 0 Å². The fourth-order valence-corrected chi connectivity index (χ4v) is 3.16. The number of nitro groups is 1. The topological polar surface area (TPSA) is 92.6 Å². The van der Waals surface area contributed by atoms with Gasteiger partial charge in [0.25, 0.3) is 5.69 Å². The molecular weight excluding hydrogens is 382 g/mol. The van der Waals surface area contributed by atoms with Gasteiger partial charge in [-0.1, -0.05) is 55.0 Å². The van der Waals surface area contributed by atoms with Gasteiger partial charge in [-0.25, -0.2) is 0 Å². The molecule has 7 nitrogen and oxygen atoms in total. The van der Waals surface area contributed by atoms with Crippen LogP contribution in [-0.4, -0.2) is 33.7 Å². The van der Waals surface area contributed by atoms with Crippen molar-refractivity contribution in [3.63, 3.8) is 0 Å². The lowest BCUT2D eigenvalue weighted by molar-refractivity contribution is -0.385. The fourth-order valence-electron chi connectivity index (χ4n) is 3.16. The number of aryl methyl sites for hydroxylation is 1. The second-order valence-corrected chi connectivity index (χ2v) is 7.57. The summed E-state index contributed by atoms with van der Waals surface area (Å²) in [6.07, 6.45) is 0.629. The molecule has 0 unspecified atom stereocenters. The summed E-state index contributed by atoms with van der Waals surface area (Å²) in [6, 6.07) is 13.2. The fraction of sp³-hybridized carbons (Fsp3) is 0.391. The van der Waals surface area contributed by atoms with Crippen molar-refractivity contribution in [3.05, 3.63) is 75.3 Å². The molecule has 1 N–H and O–H groups in total. The third-order valence-electron chi connectivity index (χ3n) is 5.13. The second-order valence-electron chi connectivity index (χ2n) is 7.57. The molecule has 0 heterocycles. The molecule has 0 saturated heterocycles. The largest absolute Gasteiger partial charge is 0.352 e. The van der Waals surface area contributed by atoms with Gasteiger partial charge >= 0.3 is 0 Å². The van der Waals surface area contributed by atoms with E-state index >= 15 is 0 Å². The SMILES string of the molecule is CC[C@H](C)NC(=O)[C@@H](C)N(Cc1cccc(C)c1)C(=O)Cc1ccccc1[N+](=O)[O-]. The zero-order valence-electron chi connectivity index (χ0n) is 17.9. The van der Waals surface area contributed by atoms with E-state index in [0.29, 0.717) is 5.56 Å². The van der Waals surface area contributed by atoms with E-state index in [1.165, 1.54) is 11.0 Å². The van der Waals surface area contributed by atoms with Crippen LogP contribution in [0, 0.1) is 17.0 Å². The molecule has 0 aliphatic rings. The number of carbonyl (C=O) groups is 2. The minimum absolute atomic E-state index is 0.00826. The highest BCUT2D eigenvalue weighted by Gasteiger charge is 2.28. The first kappa shape index (κ1) is 23.1. The second kappa shape index (κ2) is 10.5. The number of carbonyl (C=O) groups excluding carboxylic acids is 2. The Kier molecular flexibility index (Phi) is 8.09. The van der Waals surface area contributed by atoms with Crippen molar-refractivity contribution < 1.29 is 14.5 Å². The highest BCUT2D eigenvalue weighted by molar-refractivity contribution is 5.88. The number of hydrogen-bond donors (Lipinski definition) is 1. The first-order chi connectivity index (χ1) is 14.2. The van der Waals surface area contributed by atoms with Crippen molar-refractivity contribution in [3.8, 4) is 0 Å². The molecule has 160 valence electrons. The maximum atomic E-state index is 13.2. The van der Waals surface area contributed by atoms with E-state index in [1.807, 2.05) is 45.0 Å². The van der Waals surface area contributed by atoms with Gasteiger partial charge in [-0.2, -0.15) is 0 Å². The predicted octanol–water partition coefficient (Wildman–Crippen LogP) is 3.78. The monoisotopic (exact) mass is 411 g/mol. The zero-order valence-corrected chi connectivity index (χ0v) is 17.9. The maximum Gasteiger partial charge on any atom is 0.273 e. The molecule has 2 aromatic carbocycles. The minimum atomic E-state index is -0.713. The molecule has 7 heteroatoms. The van der Waals surface area contributed by atoms with Crippen LogP contribution >= 0.6 is 0 Å². The number of para-hydroxylation sites is 1. The molecule has 2 rings (SSSR count). The van der Waals surface area contributed by atoms with Crippen molar-refractivity contribution in [2.45, 2.75) is 59.2 Å². The van der Waals surface area contributed by atoms with Gasteiger partial charge in [-0.05, 0) is 32.8 Å². The third kappa shape index (κ3) is 6.14. The summed E-state index contributed by atoms with van der Waals surface area (Å²) in [6.45, 7) is 7.77. The van der Waals surface area contributed by atoms with E-state index in [4.69, 9.17) is 0 Å². The Balaban J connectivity index is 2.31. The molecule has 0 fully saturated rings. The van der Waals surface area contributed by atoms with E-state index in [0.717, 1.165) is 17.5 Å². The van der Waals surface area contributed by atoms with E-state index in [1.54, 1.807) is 25.1 Å². The van der Waals surface area contributed by atoms with E-state index < -0.39 is 11.0 Å². The molecule has 0 bridgehead atoms. The summed E-state index contributed by atoms with van der Waals surface area (Å²) >= 11 is 0. The molecule has 0 radical (unpaired) electrons. The smallest absolute Gasteiger partial charge is 0.273 e. The van der Waals surface area contributed by atoms with E-state index in [-0.39, 0.29) is 36.5 Å². The molecule has 0 spiro atoms. The summed E-state index contributed by atoms with van der Waals surface area (Å²) in [5.41, 5.74) is 2.18. The van der Waals surface area contributed by atoms with Crippen molar-refractivity contribution >= 4 is 17.5 Å². The minimum Gasteiger partial charge on any atom is -0.352 e. The Morgan fingerprint density at radius 2 is 1.83 bits per heavy atom. The molecule has 0 saturated carbocycles. The molecule has 2 aromatic rings. The zero-order chi connectivity index (χ0) is 22.3. The van der Waals surface area contributed by atoms with E-state index in [2.05, 4.69) is 5.32 Å². The normalized spacial score (nSPS) is 12.7. The van der Waals surface area contributed by atoms with Crippen LogP contribution in [-0.2, 0) is 22.6 Å². The van der Waals surface area contributed by atoms with Crippen LogP contribution in [0.5, 0.6) is 0 Å². The Labute approximate surface area is 177 Å². The number of hydrogen-bond acceptors (Lipinski definition) is 4. The van der Waals surface area contributed by atoms with Gasteiger partial charge in [0.15, 0.2) is 0 Å². The highest BCUT2D eigenvalue weighted by Crippen LogP contribution is 2.20. The van der Waals surface area contributed by atoms with Crippen LogP contribution < -0.4 is 5.32 Å². The lowest BCUT2D eigenvalue weighted by Gasteiger charge is -2.30. The summed E-state index contributed by atoms with van der Waals surface area (Å²) in [4.78, 5) is 38.2. The number of nitrogens with zero attached hydrogens (tertiary/aromatic N) is 2. The van der Waals surface area contributed by atoms with Gasteiger partial charge in [0, 0.05) is 24.2 Å². The summed E-state index contributed by atoms with van der Waals surface area (Å²) in [7, 11) is 0. The van der Waals surface area contributed by atoms with Crippen molar-refractivity contribution in [2.75, 3.05) is 0 Å². The number of rotatable bonds is 9. The summed E-state index contributed by atoms with van der Waals surface area (Å²) < 4.78 is 0. The Hall–Kier alpha value is -3.22. The van der Waals surface area contributed by atoms with Gasteiger partial charge in [0.1, 0.15) is 6.04 Å². The van der Waals surface area contributed by atoms with E-state index in [9.17, 15) is 19.7 Å². The van der Waals surface area contributed by atoms with Crippen LogP contribution in [0.15, 0.2) is 48.5 Å². The number of amides is 2. The highest BCUT2D eigenvalue weighted by atomic mass is 16.6. The lowest BCUT2D eigenvalue weighted by atomic mass is 10.1. The van der Waals surface area contributed by atoms with Crippen LogP contribution in [0.1, 0.15) is 43.9 Å². The predicted molar refractivity (Wildman–Crippen MR) is 116 cm³/mol. The standard InChI is InChI=1S/C23H29N3O4/c1-5-17(3)24-23(28)18(4)25(15-19-10-8-9-16(2)13-19)22(27)14-20-11-6-7-12-21(20)26(29)30/h6-13,17-18H,5,14-15H2,1-4H3,(H,24,28)/t17-,18+/m0/s1. The van der Waals surface area contributed by atoms with Crippen LogP contribution in [0.4, 0.5) is 5.69 Å². The molecule has 2 amide bonds. The summed E-state index contributed by atoms with van der Waals surface area (Å²) in [5, 5.41) is 14.2. The van der Waals surface area contributed by atoms with Gasteiger partial charge < -0.3 is 10.2 Å².